The van der Waals surface area contributed by atoms with E-state index in [-0.39, 0.29) is 17.6 Å². The molecular formula is C32H46F2N2S. The maximum absolute atomic E-state index is 14.1. The quantitative estimate of drug-likeness (QED) is 0.335. The minimum Gasteiger partial charge on any atom is -0.402 e. The third-order valence-corrected chi connectivity index (χ3v) is 6.61. The fraction of sp³-hybridized carbons (Fsp3) is 0.406. The molecule has 0 saturated carbocycles. The van der Waals surface area contributed by atoms with Crippen LogP contribution in [-0.2, 0) is 0 Å². The summed E-state index contributed by atoms with van der Waals surface area (Å²) in [5.74, 6) is -0.137. The highest BCUT2D eigenvalue weighted by Gasteiger charge is 2.14. The molecular weight excluding hydrogens is 482 g/mol. The normalized spacial score (nSPS) is 11.4. The molecule has 2 rings (SSSR count). The monoisotopic (exact) mass is 528 g/mol. The van der Waals surface area contributed by atoms with Crippen molar-refractivity contribution in [3.8, 4) is 0 Å². The molecule has 2 aromatic carbocycles. The van der Waals surface area contributed by atoms with Crippen molar-refractivity contribution in [3.63, 3.8) is 0 Å². The third-order valence-electron chi connectivity index (χ3n) is 5.76. The highest BCUT2D eigenvalue weighted by molar-refractivity contribution is 8.10. The van der Waals surface area contributed by atoms with Crippen molar-refractivity contribution in [1.82, 2.24) is 0 Å². The Morgan fingerprint density at radius 1 is 1.05 bits per heavy atom. The number of thioether (sulfide) groups is 1. The fourth-order valence-corrected chi connectivity index (χ4v) is 4.50. The molecule has 0 amide bonds. The van der Waals surface area contributed by atoms with E-state index in [0.717, 1.165) is 45.6 Å². The number of nitrogens with one attached hydrogen (secondary N) is 1. The van der Waals surface area contributed by atoms with Gasteiger partial charge in [-0.1, -0.05) is 77.6 Å². The molecule has 0 atom stereocenters. The van der Waals surface area contributed by atoms with E-state index in [1.165, 1.54) is 6.07 Å². The lowest BCUT2D eigenvalue weighted by Gasteiger charge is -2.14. The van der Waals surface area contributed by atoms with Gasteiger partial charge in [-0.2, -0.15) is 0 Å². The Kier molecular flexibility index (Phi) is 15.7. The van der Waals surface area contributed by atoms with Crippen molar-refractivity contribution in [2.75, 3.05) is 0 Å². The van der Waals surface area contributed by atoms with Gasteiger partial charge in [0.2, 0.25) is 0 Å². The van der Waals surface area contributed by atoms with Gasteiger partial charge in [-0.05, 0) is 97.9 Å². The van der Waals surface area contributed by atoms with Crippen LogP contribution in [0.15, 0.2) is 48.0 Å². The molecule has 0 aliphatic heterocycles. The molecule has 5 heteroatoms. The van der Waals surface area contributed by atoms with Gasteiger partial charge in [0.25, 0.3) is 0 Å². The van der Waals surface area contributed by atoms with Gasteiger partial charge in [-0.3, -0.25) is 0 Å². The van der Waals surface area contributed by atoms with Gasteiger partial charge in [-0.25, -0.2) is 8.78 Å². The van der Waals surface area contributed by atoms with E-state index >= 15 is 0 Å². The number of hydrogen-bond donors (Lipinski definition) is 2. The van der Waals surface area contributed by atoms with Crippen LogP contribution < -0.4 is 5.73 Å². The number of nitrogens with two attached hydrogens (primary N) is 1. The molecule has 0 radical (unpaired) electrons. The summed E-state index contributed by atoms with van der Waals surface area (Å²) in [4.78, 5) is 0.893. The Morgan fingerprint density at radius 2 is 1.65 bits per heavy atom. The van der Waals surface area contributed by atoms with Gasteiger partial charge in [0.1, 0.15) is 11.6 Å². The van der Waals surface area contributed by atoms with Crippen LogP contribution in [0.4, 0.5) is 8.78 Å². The van der Waals surface area contributed by atoms with E-state index in [1.807, 2.05) is 53.0 Å². The smallest absolute Gasteiger partial charge is 0.127 e. The van der Waals surface area contributed by atoms with Crippen LogP contribution in [0.25, 0.3) is 10.5 Å². The summed E-state index contributed by atoms with van der Waals surface area (Å²) in [5.41, 5.74) is 12.4. The van der Waals surface area contributed by atoms with Crippen molar-refractivity contribution in [2.45, 2.75) is 88.0 Å². The van der Waals surface area contributed by atoms with E-state index in [2.05, 4.69) is 19.6 Å². The molecule has 2 nitrogen and oxygen atoms in total. The number of rotatable bonds is 8. The minimum atomic E-state index is -0.224. The van der Waals surface area contributed by atoms with Crippen molar-refractivity contribution in [1.29, 1.82) is 5.41 Å². The van der Waals surface area contributed by atoms with Gasteiger partial charge < -0.3 is 11.1 Å². The summed E-state index contributed by atoms with van der Waals surface area (Å²) < 4.78 is 27.4. The number of aryl methyl sites for hydroxylation is 1. The van der Waals surface area contributed by atoms with E-state index in [4.69, 9.17) is 11.1 Å². The Hall–Kier alpha value is -2.66. The highest BCUT2D eigenvalue weighted by Crippen LogP contribution is 2.31. The van der Waals surface area contributed by atoms with Crippen LogP contribution in [0, 0.1) is 37.8 Å². The van der Waals surface area contributed by atoms with E-state index in [1.54, 1.807) is 44.7 Å². The van der Waals surface area contributed by atoms with E-state index < -0.39 is 0 Å². The lowest BCUT2D eigenvalue weighted by Crippen LogP contribution is -2.07. The number of benzene rings is 2. The number of halogens is 2. The zero-order valence-electron chi connectivity index (χ0n) is 24.4. The van der Waals surface area contributed by atoms with Gasteiger partial charge in [0.15, 0.2) is 0 Å². The Bertz CT molecular complexity index is 1100. The molecule has 0 aliphatic rings. The number of unbranched alkanes of at least 4 members (excludes halogenated alkanes) is 1. The summed E-state index contributed by atoms with van der Waals surface area (Å²) in [7, 11) is 0. The van der Waals surface area contributed by atoms with Crippen molar-refractivity contribution < 1.29 is 8.78 Å². The first-order valence-corrected chi connectivity index (χ1v) is 13.8. The average Bonchev–Trinajstić information content (AvgIpc) is 2.82. The second kappa shape index (κ2) is 17.0. The predicted molar refractivity (Wildman–Crippen MR) is 163 cm³/mol. The second-order valence-electron chi connectivity index (χ2n) is 9.07. The summed E-state index contributed by atoms with van der Waals surface area (Å²) in [6.07, 6.45) is 4.34. The first-order chi connectivity index (χ1) is 17.3. The Labute approximate surface area is 228 Å². The highest BCUT2D eigenvalue weighted by atomic mass is 32.2. The van der Waals surface area contributed by atoms with Crippen molar-refractivity contribution in [2.24, 2.45) is 5.73 Å². The maximum Gasteiger partial charge on any atom is 0.127 e. The fourth-order valence-electron chi connectivity index (χ4n) is 3.85. The topological polar surface area (TPSA) is 49.9 Å². The molecule has 0 fully saturated rings. The summed E-state index contributed by atoms with van der Waals surface area (Å²) >= 11 is 1.56. The first kappa shape index (κ1) is 34.3. The number of allylic oxidation sites excluding steroid dienone is 3. The average molecular weight is 529 g/mol. The molecule has 0 aromatic heterocycles. The molecule has 3 N–H and O–H groups in total. The molecule has 37 heavy (non-hydrogen) atoms. The molecule has 0 bridgehead atoms. The molecule has 0 saturated heterocycles. The lowest BCUT2D eigenvalue weighted by atomic mass is 9.93. The summed E-state index contributed by atoms with van der Waals surface area (Å²) in [6.45, 7) is 23.2. The Balaban J connectivity index is 0.000000665. The van der Waals surface area contributed by atoms with Gasteiger partial charge in [0.05, 0.1) is 0 Å². The number of hydrogen-bond acceptors (Lipinski definition) is 3. The van der Waals surface area contributed by atoms with Crippen molar-refractivity contribution in [3.05, 3.63) is 93.0 Å². The molecule has 0 heterocycles. The molecule has 2 aromatic rings. The van der Waals surface area contributed by atoms with Crippen LogP contribution in [0.5, 0.6) is 0 Å². The minimum absolute atomic E-state index is 0.121. The first-order valence-electron chi connectivity index (χ1n) is 12.9. The second-order valence-corrected chi connectivity index (χ2v) is 10.1. The van der Waals surface area contributed by atoms with Crippen LogP contribution in [0.3, 0.4) is 0 Å². The lowest BCUT2D eigenvalue weighted by molar-refractivity contribution is 0.595. The van der Waals surface area contributed by atoms with Crippen LogP contribution in [0.2, 0.25) is 0 Å². The zero-order valence-corrected chi connectivity index (χ0v) is 25.2. The standard InChI is InChI=1S/C17H23FS.C13H17FN2.C2H6/c1-6-7-8-9-19-14(5)15-10-13(4)17(12(2)3)16(18)11-15;1-7-8(2)12(14)6-5-11(7)13(9(3)15)10(4)16;1-2/h8-12H,5-7H2,1-4H3;5-6,15H,16H2,1-4H3;1-2H3/b9-8-;13-10+,15-9?;. The van der Waals surface area contributed by atoms with E-state index in [9.17, 15) is 8.78 Å². The van der Waals surface area contributed by atoms with Gasteiger partial charge in [0, 0.05) is 21.9 Å². The molecule has 0 aliphatic carbocycles. The zero-order chi connectivity index (χ0) is 28.9. The van der Waals surface area contributed by atoms with Gasteiger partial charge >= 0.3 is 0 Å². The van der Waals surface area contributed by atoms with Crippen molar-refractivity contribution >= 4 is 28.0 Å². The predicted octanol–water partition coefficient (Wildman–Crippen LogP) is 10.5. The van der Waals surface area contributed by atoms with Gasteiger partial charge in [-0.15, -0.1) is 0 Å². The molecule has 0 spiro atoms. The molecule has 204 valence electrons. The summed E-state index contributed by atoms with van der Waals surface area (Å²) in [6, 6.07) is 6.73. The van der Waals surface area contributed by atoms with E-state index in [0.29, 0.717) is 22.5 Å². The van der Waals surface area contributed by atoms with Crippen LogP contribution in [-0.4, -0.2) is 5.71 Å². The van der Waals surface area contributed by atoms with Crippen LogP contribution in [0.1, 0.15) is 101 Å². The van der Waals surface area contributed by atoms with Crippen LogP contribution >= 0.6 is 11.8 Å². The summed E-state index contributed by atoms with van der Waals surface area (Å²) in [5, 5.41) is 9.75. The third kappa shape index (κ3) is 10.3. The SMILES string of the molecule is C=C(S/C=C\CCC)c1cc(C)c(C(C)C)c(F)c1.CC.CC(=N)/C(=C(/C)N)c1ccc(F)c(C)c1C. The molecule has 0 unspecified atom stereocenters. The Morgan fingerprint density at radius 3 is 2.11 bits per heavy atom. The largest absolute Gasteiger partial charge is 0.402 e. The maximum atomic E-state index is 14.1.